The molecule has 0 bridgehead atoms. The molecule has 49 heavy (non-hydrogen) atoms. The summed E-state index contributed by atoms with van der Waals surface area (Å²) in [6.45, 7) is 15.3. The third-order valence-corrected chi connectivity index (χ3v) is 7.26. The van der Waals surface area contributed by atoms with Gasteiger partial charge in [-0.05, 0) is 91.8 Å². The summed E-state index contributed by atoms with van der Waals surface area (Å²) in [5.41, 5.74) is 0.561. The average Bonchev–Trinajstić information content (AvgIpc) is 3.97. The van der Waals surface area contributed by atoms with Crippen molar-refractivity contribution in [2.24, 2.45) is 5.92 Å². The van der Waals surface area contributed by atoms with Gasteiger partial charge in [0.05, 0.1) is 28.6 Å². The zero-order valence-electron chi connectivity index (χ0n) is 30.4. The molecule has 0 spiro atoms. The number of anilines is 1. The number of hydrogen-bond donors (Lipinski definition) is 1. The van der Waals surface area contributed by atoms with Crippen molar-refractivity contribution in [1.82, 2.24) is 4.98 Å². The average molecular weight is 684 g/mol. The number of allylic oxidation sites excluding steroid dienone is 4. The van der Waals surface area contributed by atoms with Gasteiger partial charge in [-0.2, -0.15) is 18.4 Å². The fourth-order valence-electron chi connectivity index (χ4n) is 4.53. The lowest BCUT2D eigenvalue weighted by atomic mass is 9.84. The molecule has 0 radical (unpaired) electrons. The molecule has 9 heteroatoms. The summed E-state index contributed by atoms with van der Waals surface area (Å²) in [5.74, 6) is 0.478. The highest BCUT2D eigenvalue weighted by atomic mass is 19.4. The predicted molar refractivity (Wildman–Crippen MR) is 193 cm³/mol. The Bertz CT molecular complexity index is 1490. The number of benzene rings is 2. The molecular weight excluding hydrogens is 630 g/mol. The standard InChI is InChI=1S/C18H20FNO.C16H15F3N2O.3C2H6/c1-13-12-15(7-8-16(13)19)18(21,10-9-14-5-6-14)17-4-2-3-11-20-17;1-3-5-13(16(17,18)19)9-15(11-22)21(2)14-7-4-6-12(8-14)10-20;3*1-2/h2-4,7-8,11-12,14,21H,5-6,9-10H2,1H3;4-9,11H,3H2,1-2H3;3*1-2H3/b;13-5-,15-9-;;;. The van der Waals surface area contributed by atoms with Gasteiger partial charge in [0.15, 0.2) is 6.29 Å². The molecule has 1 aliphatic carbocycles. The highest BCUT2D eigenvalue weighted by molar-refractivity contribution is 5.81. The fourth-order valence-corrected chi connectivity index (χ4v) is 4.53. The monoisotopic (exact) mass is 683 g/mol. The number of likely N-dealkylation sites (N-methyl/N-ethyl adjacent to an activating group) is 1. The zero-order valence-corrected chi connectivity index (χ0v) is 30.4. The Hall–Kier alpha value is -4.29. The Morgan fingerprint density at radius 2 is 1.67 bits per heavy atom. The first-order valence-electron chi connectivity index (χ1n) is 17.0. The number of aromatic nitrogens is 1. The second-order valence-corrected chi connectivity index (χ2v) is 10.5. The van der Waals surface area contributed by atoms with Crippen LogP contribution in [0, 0.1) is 30.0 Å². The number of carbonyl (C=O) groups is 1. The fraction of sp³-hybridized carbons (Fsp3) is 0.425. The van der Waals surface area contributed by atoms with Gasteiger partial charge in [-0.3, -0.25) is 9.78 Å². The van der Waals surface area contributed by atoms with Gasteiger partial charge < -0.3 is 10.0 Å². The minimum absolute atomic E-state index is 0.146. The van der Waals surface area contributed by atoms with E-state index in [2.05, 4.69) is 4.98 Å². The van der Waals surface area contributed by atoms with Crippen LogP contribution in [0.3, 0.4) is 0 Å². The highest BCUT2D eigenvalue weighted by Crippen LogP contribution is 2.40. The van der Waals surface area contributed by atoms with E-state index in [1.165, 1.54) is 36.9 Å². The number of pyridine rings is 1. The highest BCUT2D eigenvalue weighted by Gasteiger charge is 2.36. The first kappa shape index (κ1) is 44.7. The maximum Gasteiger partial charge on any atom is 0.416 e. The van der Waals surface area contributed by atoms with Gasteiger partial charge in [-0.25, -0.2) is 4.39 Å². The van der Waals surface area contributed by atoms with Crippen LogP contribution in [-0.4, -0.2) is 29.6 Å². The van der Waals surface area contributed by atoms with E-state index in [-0.39, 0.29) is 17.9 Å². The van der Waals surface area contributed by atoms with Crippen LogP contribution in [0.1, 0.15) is 103 Å². The number of aryl methyl sites for hydroxylation is 1. The SMILES string of the molecule is CC.CC.CC.CC/C=C(/C=C(/C=O)N(C)c1cccc(C#N)c1)C(F)(F)F.Cc1cc(C(O)(CCC2CC2)c2ccccn2)ccc1F. The van der Waals surface area contributed by atoms with Crippen LogP contribution in [0.25, 0.3) is 0 Å². The maximum absolute atomic E-state index is 13.5. The van der Waals surface area contributed by atoms with E-state index < -0.39 is 17.4 Å². The zero-order chi connectivity index (χ0) is 37.6. The Morgan fingerprint density at radius 1 is 1.02 bits per heavy atom. The first-order chi connectivity index (χ1) is 23.4. The smallest absolute Gasteiger partial charge is 0.379 e. The van der Waals surface area contributed by atoms with Gasteiger partial charge in [0, 0.05) is 18.9 Å². The summed E-state index contributed by atoms with van der Waals surface area (Å²) in [5, 5.41) is 20.1. The van der Waals surface area contributed by atoms with Crippen LogP contribution in [-0.2, 0) is 10.4 Å². The van der Waals surface area contributed by atoms with E-state index in [9.17, 15) is 27.5 Å². The topological polar surface area (TPSA) is 77.2 Å². The van der Waals surface area contributed by atoms with E-state index in [1.54, 1.807) is 50.4 Å². The number of aldehydes is 1. The molecule has 1 heterocycles. The van der Waals surface area contributed by atoms with Crippen molar-refractivity contribution in [3.8, 4) is 6.07 Å². The molecular formula is C40H53F4N3O2. The van der Waals surface area contributed by atoms with Crippen molar-refractivity contribution in [3.05, 3.63) is 118 Å². The molecule has 0 aliphatic heterocycles. The molecule has 5 nitrogen and oxygen atoms in total. The number of carbonyl (C=O) groups excluding carboxylic acids is 1. The van der Waals surface area contributed by atoms with Crippen LogP contribution < -0.4 is 4.90 Å². The number of alkyl halides is 3. The molecule has 1 N–H and O–H groups in total. The van der Waals surface area contributed by atoms with Crippen LogP contribution in [0.15, 0.2) is 90.3 Å². The van der Waals surface area contributed by atoms with Crippen LogP contribution >= 0.6 is 0 Å². The molecule has 4 rings (SSSR count). The van der Waals surface area contributed by atoms with Gasteiger partial charge in [0.2, 0.25) is 0 Å². The number of rotatable bonds is 10. The number of halogens is 4. The molecule has 1 saturated carbocycles. The van der Waals surface area contributed by atoms with Gasteiger partial charge >= 0.3 is 6.18 Å². The van der Waals surface area contributed by atoms with Crippen LogP contribution in [0.5, 0.6) is 0 Å². The second-order valence-electron chi connectivity index (χ2n) is 10.5. The van der Waals surface area contributed by atoms with Crippen molar-refractivity contribution in [2.45, 2.75) is 99.3 Å². The van der Waals surface area contributed by atoms with Crippen LogP contribution in [0.4, 0.5) is 23.2 Å². The molecule has 0 amide bonds. The largest absolute Gasteiger partial charge is 0.416 e. The van der Waals surface area contributed by atoms with Crippen molar-refractivity contribution >= 4 is 12.0 Å². The van der Waals surface area contributed by atoms with Gasteiger partial charge in [-0.1, -0.05) is 85.6 Å². The van der Waals surface area contributed by atoms with E-state index in [4.69, 9.17) is 5.26 Å². The van der Waals surface area contributed by atoms with Gasteiger partial charge in [0.25, 0.3) is 0 Å². The van der Waals surface area contributed by atoms with E-state index >= 15 is 0 Å². The summed E-state index contributed by atoms with van der Waals surface area (Å²) in [7, 11) is 1.47. The maximum atomic E-state index is 13.5. The Labute approximate surface area is 291 Å². The second kappa shape index (κ2) is 23.1. The Morgan fingerprint density at radius 3 is 2.16 bits per heavy atom. The number of aliphatic hydroxyl groups is 1. The third-order valence-electron chi connectivity index (χ3n) is 7.26. The summed E-state index contributed by atoms with van der Waals surface area (Å²) < 4.78 is 52.2. The first-order valence-corrected chi connectivity index (χ1v) is 17.0. The predicted octanol–water partition coefficient (Wildman–Crippen LogP) is 11.0. The minimum Gasteiger partial charge on any atom is -0.379 e. The summed E-state index contributed by atoms with van der Waals surface area (Å²) in [4.78, 5) is 16.8. The number of hydrogen-bond acceptors (Lipinski definition) is 5. The van der Waals surface area contributed by atoms with E-state index in [1.807, 2.05) is 65.8 Å². The van der Waals surface area contributed by atoms with Crippen molar-refractivity contribution in [2.75, 3.05) is 11.9 Å². The summed E-state index contributed by atoms with van der Waals surface area (Å²) in [6, 6.07) is 18.6. The quantitative estimate of drug-likeness (QED) is 0.0996. The molecule has 2 aromatic carbocycles. The van der Waals surface area contributed by atoms with Gasteiger partial charge in [-0.15, -0.1) is 0 Å². The van der Waals surface area contributed by atoms with E-state index in [0.717, 1.165) is 30.1 Å². The van der Waals surface area contributed by atoms with Crippen molar-refractivity contribution < 1.29 is 27.5 Å². The Kier molecular flexibility index (Phi) is 21.1. The number of nitriles is 1. The lowest BCUT2D eigenvalue weighted by Crippen LogP contribution is -2.29. The summed E-state index contributed by atoms with van der Waals surface area (Å²) in [6.07, 6.45) is 3.64. The Balaban J connectivity index is 0.000000816. The molecule has 1 fully saturated rings. The van der Waals surface area contributed by atoms with Crippen molar-refractivity contribution in [1.29, 1.82) is 5.26 Å². The molecule has 268 valence electrons. The summed E-state index contributed by atoms with van der Waals surface area (Å²) >= 11 is 0. The van der Waals surface area contributed by atoms with Gasteiger partial charge in [0.1, 0.15) is 11.4 Å². The molecule has 1 atom stereocenters. The van der Waals surface area contributed by atoms with Crippen LogP contribution in [0.2, 0.25) is 0 Å². The number of nitrogens with zero attached hydrogens (tertiary/aromatic N) is 3. The molecule has 1 aliphatic rings. The lowest BCUT2D eigenvalue weighted by Gasteiger charge is -2.29. The van der Waals surface area contributed by atoms with Crippen molar-refractivity contribution in [3.63, 3.8) is 0 Å². The molecule has 1 aromatic heterocycles. The molecule has 1 unspecified atom stereocenters. The minimum atomic E-state index is -4.53. The lowest BCUT2D eigenvalue weighted by molar-refractivity contribution is -0.105. The third kappa shape index (κ3) is 14.4. The molecule has 0 saturated heterocycles. The molecule has 3 aromatic rings. The van der Waals surface area contributed by atoms with E-state index in [0.29, 0.717) is 35.2 Å². The normalized spacial score (nSPS) is 13.6.